The molecule has 0 N–H and O–H groups in total. The van der Waals surface area contributed by atoms with Crippen molar-refractivity contribution in [1.29, 1.82) is 0 Å². The van der Waals surface area contributed by atoms with Crippen LogP contribution >= 0.6 is 0 Å². The molecule has 27 heavy (non-hydrogen) atoms. The van der Waals surface area contributed by atoms with Crippen molar-refractivity contribution in [2.75, 3.05) is 40.5 Å². The van der Waals surface area contributed by atoms with E-state index in [1.165, 1.54) is 31.3 Å². The van der Waals surface area contributed by atoms with Crippen molar-refractivity contribution in [3.63, 3.8) is 0 Å². The van der Waals surface area contributed by atoms with E-state index in [2.05, 4.69) is 0 Å². The lowest BCUT2D eigenvalue weighted by Crippen LogP contribution is -2.49. The van der Waals surface area contributed by atoms with Gasteiger partial charge in [-0.25, -0.2) is 12.7 Å². The van der Waals surface area contributed by atoms with Crippen molar-refractivity contribution < 1.29 is 32.2 Å². The third-order valence-electron chi connectivity index (χ3n) is 4.74. The highest BCUT2D eigenvalue weighted by Gasteiger charge is 2.44. The average molecular weight is 398 g/mol. The fourth-order valence-corrected chi connectivity index (χ4v) is 4.69. The maximum absolute atomic E-state index is 12.8. The van der Waals surface area contributed by atoms with Gasteiger partial charge < -0.3 is 19.1 Å². The van der Waals surface area contributed by atoms with Crippen LogP contribution in [0.3, 0.4) is 0 Å². The summed E-state index contributed by atoms with van der Waals surface area (Å²) in [5.41, 5.74) is -0.0335. The van der Waals surface area contributed by atoms with E-state index in [9.17, 15) is 18.0 Å². The predicted octanol–water partition coefficient (Wildman–Crippen LogP) is 0.486. The van der Waals surface area contributed by atoms with Crippen molar-refractivity contribution >= 4 is 21.8 Å². The molecule has 9 nitrogen and oxygen atoms in total. The molecule has 0 saturated carbocycles. The molecule has 0 aliphatic carbocycles. The first-order chi connectivity index (χ1) is 12.8. The van der Waals surface area contributed by atoms with Gasteiger partial charge in [0.15, 0.2) is 11.5 Å². The minimum atomic E-state index is -4.14. The lowest BCUT2D eigenvalue weighted by molar-refractivity contribution is -0.138. The number of carbonyl (C=O) groups excluding carboxylic acids is 2. The number of rotatable bonds is 5. The van der Waals surface area contributed by atoms with Crippen LogP contribution in [0.15, 0.2) is 17.0 Å². The Hall–Kier alpha value is -2.33. The molecule has 1 atom stereocenters. The predicted molar refractivity (Wildman–Crippen MR) is 94.4 cm³/mol. The monoisotopic (exact) mass is 398 g/mol. The highest BCUT2D eigenvalue weighted by Crippen LogP contribution is 2.38. The quantitative estimate of drug-likeness (QED) is 0.711. The first-order valence-electron chi connectivity index (χ1n) is 8.56. The Bertz CT molecular complexity index is 868. The minimum absolute atomic E-state index is 0.0335. The topological polar surface area (TPSA) is 102 Å². The number of ether oxygens (including phenoxy) is 3. The van der Waals surface area contributed by atoms with E-state index in [-0.39, 0.29) is 28.1 Å². The number of sulfonamides is 1. The van der Waals surface area contributed by atoms with Crippen molar-refractivity contribution in [3.8, 4) is 11.5 Å². The number of amides is 2. The van der Waals surface area contributed by atoms with E-state index >= 15 is 0 Å². The van der Waals surface area contributed by atoms with Gasteiger partial charge in [0.05, 0.1) is 32.5 Å². The average Bonchev–Trinajstić information content (AvgIpc) is 2.86. The lowest BCUT2D eigenvalue weighted by Gasteiger charge is -2.33. The Morgan fingerprint density at radius 1 is 1.26 bits per heavy atom. The minimum Gasteiger partial charge on any atom is -0.493 e. The van der Waals surface area contributed by atoms with Gasteiger partial charge in [0, 0.05) is 19.2 Å². The first-order valence-corrected chi connectivity index (χ1v) is 10.00. The molecule has 0 bridgehead atoms. The summed E-state index contributed by atoms with van der Waals surface area (Å²) in [6.07, 6.45) is 0.662. The van der Waals surface area contributed by atoms with E-state index in [1.54, 1.807) is 0 Å². The van der Waals surface area contributed by atoms with Crippen LogP contribution in [-0.2, 0) is 19.6 Å². The van der Waals surface area contributed by atoms with E-state index in [0.29, 0.717) is 24.0 Å². The molecular weight excluding hydrogens is 376 g/mol. The molecule has 2 aliphatic heterocycles. The zero-order valence-corrected chi connectivity index (χ0v) is 16.2. The van der Waals surface area contributed by atoms with Crippen LogP contribution in [0.25, 0.3) is 0 Å². The third-order valence-corrected chi connectivity index (χ3v) is 6.51. The summed E-state index contributed by atoms with van der Waals surface area (Å²) in [7, 11) is -1.37. The molecular formula is C17H22N2O7S. The van der Waals surface area contributed by atoms with Gasteiger partial charge in [0.2, 0.25) is 5.91 Å². The normalized spacial score (nSPS) is 21.1. The Morgan fingerprint density at radius 2 is 1.93 bits per heavy atom. The lowest BCUT2D eigenvalue weighted by atomic mass is 10.2. The van der Waals surface area contributed by atoms with Crippen LogP contribution in [0.2, 0.25) is 0 Å². The maximum Gasteiger partial charge on any atom is 0.269 e. The van der Waals surface area contributed by atoms with Gasteiger partial charge in [0.1, 0.15) is 11.4 Å². The summed E-state index contributed by atoms with van der Waals surface area (Å²) in [6, 6.07) is 2.56. The largest absolute Gasteiger partial charge is 0.493 e. The smallest absolute Gasteiger partial charge is 0.269 e. The summed E-state index contributed by atoms with van der Waals surface area (Å²) in [4.78, 5) is 26.6. The summed E-state index contributed by atoms with van der Waals surface area (Å²) in [5.74, 6) is -0.744. The van der Waals surface area contributed by atoms with Gasteiger partial charge in [0.25, 0.3) is 15.9 Å². The number of hydrogen-bond acceptors (Lipinski definition) is 7. The van der Waals surface area contributed by atoms with Crippen molar-refractivity contribution in [2.24, 2.45) is 0 Å². The highest BCUT2D eigenvalue weighted by molar-refractivity contribution is 7.90. The molecule has 1 aromatic carbocycles. The van der Waals surface area contributed by atoms with Crippen LogP contribution < -0.4 is 9.47 Å². The number of hydrogen-bond donors (Lipinski definition) is 0. The number of carbonyl (C=O) groups is 2. The SMILES string of the molecule is CCC1CN(C(=O)CN2C(=O)c3cc(OC)c(OC)cc3S2(=O)=O)CCO1. The van der Waals surface area contributed by atoms with Crippen LogP contribution in [0.1, 0.15) is 23.7 Å². The fourth-order valence-electron chi connectivity index (χ4n) is 3.18. The second-order valence-electron chi connectivity index (χ2n) is 6.26. The van der Waals surface area contributed by atoms with Crippen molar-refractivity contribution in [1.82, 2.24) is 9.21 Å². The molecule has 1 aromatic rings. The molecule has 1 saturated heterocycles. The third kappa shape index (κ3) is 3.34. The Kier molecular flexibility index (Phi) is 5.29. The second-order valence-corrected chi connectivity index (χ2v) is 8.09. The van der Waals surface area contributed by atoms with E-state index < -0.39 is 28.4 Å². The van der Waals surface area contributed by atoms with Crippen molar-refractivity contribution in [3.05, 3.63) is 17.7 Å². The molecule has 0 aromatic heterocycles. The second kappa shape index (κ2) is 7.35. The molecule has 0 spiro atoms. The fraction of sp³-hybridized carbons (Fsp3) is 0.529. The summed E-state index contributed by atoms with van der Waals surface area (Å²) < 4.78 is 42.0. The highest BCUT2D eigenvalue weighted by atomic mass is 32.2. The summed E-state index contributed by atoms with van der Waals surface area (Å²) in [6.45, 7) is 2.54. The zero-order chi connectivity index (χ0) is 19.8. The van der Waals surface area contributed by atoms with Crippen LogP contribution in [-0.4, -0.2) is 76.0 Å². The number of fused-ring (bicyclic) bond motifs is 1. The molecule has 3 rings (SSSR count). The molecule has 0 radical (unpaired) electrons. The van der Waals surface area contributed by atoms with Gasteiger partial charge >= 0.3 is 0 Å². The van der Waals surface area contributed by atoms with E-state index in [1.807, 2.05) is 6.92 Å². The van der Waals surface area contributed by atoms with Gasteiger partial charge in [-0.15, -0.1) is 0 Å². The maximum atomic E-state index is 12.8. The Balaban J connectivity index is 1.87. The molecule has 2 amide bonds. The van der Waals surface area contributed by atoms with Gasteiger partial charge in [-0.3, -0.25) is 9.59 Å². The number of benzene rings is 1. The van der Waals surface area contributed by atoms with Gasteiger partial charge in [-0.2, -0.15) is 0 Å². The van der Waals surface area contributed by atoms with Crippen LogP contribution in [0.5, 0.6) is 11.5 Å². The van der Waals surface area contributed by atoms with E-state index in [0.717, 1.165) is 6.42 Å². The molecule has 1 unspecified atom stereocenters. The Morgan fingerprint density at radius 3 is 2.56 bits per heavy atom. The molecule has 148 valence electrons. The number of nitrogens with zero attached hydrogens (tertiary/aromatic N) is 2. The molecule has 2 heterocycles. The summed E-state index contributed by atoms with van der Waals surface area (Å²) in [5, 5.41) is 0. The number of methoxy groups -OCH3 is 2. The van der Waals surface area contributed by atoms with Crippen molar-refractivity contribution in [2.45, 2.75) is 24.3 Å². The van der Waals surface area contributed by atoms with Gasteiger partial charge in [-0.05, 0) is 12.5 Å². The first kappa shape index (κ1) is 19.4. The number of morpholine rings is 1. The van der Waals surface area contributed by atoms with Crippen LogP contribution in [0, 0.1) is 0 Å². The molecule has 10 heteroatoms. The summed E-state index contributed by atoms with van der Waals surface area (Å²) >= 11 is 0. The standard InChI is InChI=1S/C17H22N2O7S/c1-4-11-9-18(5-6-26-11)16(20)10-19-17(21)12-7-13(24-2)14(25-3)8-15(12)27(19,22)23/h7-8,11H,4-6,9-10H2,1-3H3. The zero-order valence-electron chi connectivity index (χ0n) is 15.4. The Labute approximate surface area is 157 Å². The van der Waals surface area contributed by atoms with Gasteiger partial charge in [-0.1, -0.05) is 6.92 Å². The molecule has 1 fully saturated rings. The van der Waals surface area contributed by atoms with E-state index in [4.69, 9.17) is 14.2 Å². The van der Waals surface area contributed by atoms with Crippen LogP contribution in [0.4, 0.5) is 0 Å². The molecule has 2 aliphatic rings.